The van der Waals surface area contributed by atoms with Gasteiger partial charge in [0.25, 0.3) is 5.91 Å². The molecule has 6 heteroatoms. The number of benzene rings is 1. The number of hydrogen-bond acceptors (Lipinski definition) is 5. The molecule has 0 aliphatic carbocycles. The van der Waals surface area contributed by atoms with Crippen LogP contribution in [0.25, 0.3) is 0 Å². The molecule has 2 aliphatic heterocycles. The van der Waals surface area contributed by atoms with Gasteiger partial charge >= 0.3 is 0 Å². The summed E-state index contributed by atoms with van der Waals surface area (Å²) >= 11 is 1.50. The Balaban J connectivity index is 2.11. The molecule has 0 radical (unpaired) electrons. The summed E-state index contributed by atoms with van der Waals surface area (Å²) in [6.45, 7) is 1.84. The summed E-state index contributed by atoms with van der Waals surface area (Å²) in [6.07, 6.45) is 2.36. The molecular weight excluding hydrogens is 310 g/mol. The minimum atomic E-state index is -1.07. The lowest BCUT2D eigenvalue weighted by Gasteiger charge is -2.30. The summed E-state index contributed by atoms with van der Waals surface area (Å²) in [5.74, 6) is 0.639. The van der Waals surface area contributed by atoms with Crippen molar-refractivity contribution in [1.82, 2.24) is 4.90 Å². The fourth-order valence-electron chi connectivity index (χ4n) is 3.05. The number of nitrogens with two attached hydrogens (primary N) is 1. The van der Waals surface area contributed by atoms with Crippen molar-refractivity contribution in [3.05, 3.63) is 46.9 Å². The average Bonchev–Trinajstić information content (AvgIpc) is 3.15. The van der Waals surface area contributed by atoms with Crippen molar-refractivity contribution in [1.29, 1.82) is 0 Å². The van der Waals surface area contributed by atoms with Crippen molar-refractivity contribution in [3.63, 3.8) is 0 Å². The van der Waals surface area contributed by atoms with Crippen LogP contribution in [0.15, 0.2) is 46.3 Å². The number of guanidine groups is 1. The summed E-state index contributed by atoms with van der Waals surface area (Å²) in [4.78, 5) is 31.6. The fraction of sp³-hybridized carbons (Fsp3) is 0.353. The van der Waals surface area contributed by atoms with Gasteiger partial charge in [-0.2, -0.15) is 0 Å². The highest BCUT2D eigenvalue weighted by Gasteiger charge is 2.53. The van der Waals surface area contributed by atoms with Crippen LogP contribution in [-0.4, -0.2) is 35.4 Å². The summed E-state index contributed by atoms with van der Waals surface area (Å²) < 4.78 is 0. The second kappa shape index (κ2) is 5.85. The first-order valence-electron chi connectivity index (χ1n) is 7.57. The number of likely N-dealkylation sites (N-methyl/N-ethyl adjacent to an activating group) is 1. The monoisotopic (exact) mass is 329 g/mol. The molecule has 0 spiro atoms. The van der Waals surface area contributed by atoms with Gasteiger partial charge in [0.1, 0.15) is 0 Å². The molecule has 1 unspecified atom stereocenters. The standard InChI is InChI=1S/C17H19N3O2S/c1-3-13(21)14-9-12(10-23-14)17(11-7-5-4-6-8-11)15(22)20(2)16(18)19-17/h4-9,12H,3,10H2,1-2H3,(H2,18,19)/t12?,17-/m0/s1. The third-order valence-corrected chi connectivity index (χ3v) is 5.58. The zero-order valence-corrected chi connectivity index (χ0v) is 14.0. The molecule has 0 bridgehead atoms. The van der Waals surface area contributed by atoms with Crippen LogP contribution in [-0.2, 0) is 15.1 Å². The van der Waals surface area contributed by atoms with Crippen molar-refractivity contribution < 1.29 is 9.59 Å². The molecule has 0 saturated carbocycles. The third kappa shape index (κ3) is 2.37. The SMILES string of the molecule is CCC(=O)C1=CC([C@]2(c3ccccc3)N=C(N)N(C)C2=O)CS1. The maximum atomic E-state index is 13.0. The molecule has 1 amide bonds. The largest absolute Gasteiger partial charge is 0.369 e. The molecule has 5 nitrogen and oxygen atoms in total. The predicted octanol–water partition coefficient (Wildman–Crippen LogP) is 1.89. The lowest BCUT2D eigenvalue weighted by Crippen LogP contribution is -2.44. The second-order valence-electron chi connectivity index (χ2n) is 5.69. The van der Waals surface area contributed by atoms with E-state index in [1.54, 1.807) is 7.05 Å². The lowest BCUT2D eigenvalue weighted by atomic mass is 9.78. The molecular formula is C17H19N3O2S. The van der Waals surface area contributed by atoms with E-state index in [9.17, 15) is 9.59 Å². The summed E-state index contributed by atoms with van der Waals surface area (Å²) in [5, 5.41) is 0. The molecule has 0 fully saturated rings. The highest BCUT2D eigenvalue weighted by molar-refractivity contribution is 8.04. The van der Waals surface area contributed by atoms with Crippen LogP contribution in [0, 0.1) is 5.92 Å². The Morgan fingerprint density at radius 1 is 1.43 bits per heavy atom. The van der Waals surface area contributed by atoms with Crippen LogP contribution in [0.2, 0.25) is 0 Å². The van der Waals surface area contributed by atoms with E-state index in [2.05, 4.69) is 4.99 Å². The van der Waals surface area contributed by atoms with Gasteiger partial charge in [0.05, 0.1) is 0 Å². The van der Waals surface area contributed by atoms with Crippen LogP contribution in [0.3, 0.4) is 0 Å². The van der Waals surface area contributed by atoms with Crippen LogP contribution in [0.1, 0.15) is 18.9 Å². The molecule has 2 aliphatic rings. The van der Waals surface area contributed by atoms with Crippen LogP contribution in [0.4, 0.5) is 0 Å². The smallest absolute Gasteiger partial charge is 0.262 e. The molecule has 23 heavy (non-hydrogen) atoms. The van der Waals surface area contributed by atoms with Gasteiger partial charge in [-0.3, -0.25) is 14.5 Å². The van der Waals surface area contributed by atoms with E-state index in [0.717, 1.165) is 10.5 Å². The first-order chi connectivity index (χ1) is 11.0. The van der Waals surface area contributed by atoms with Crippen molar-refractivity contribution in [3.8, 4) is 0 Å². The minimum Gasteiger partial charge on any atom is -0.369 e. The first-order valence-corrected chi connectivity index (χ1v) is 8.56. The second-order valence-corrected chi connectivity index (χ2v) is 6.75. The molecule has 1 aromatic rings. The molecule has 2 atom stereocenters. The quantitative estimate of drug-likeness (QED) is 0.915. The number of Topliss-reactive ketones (excluding diaryl/α,β-unsaturated/α-hetero) is 1. The Morgan fingerprint density at radius 2 is 2.13 bits per heavy atom. The Kier molecular flexibility index (Phi) is 4.02. The van der Waals surface area contributed by atoms with Crippen LogP contribution in [0.5, 0.6) is 0 Å². The number of allylic oxidation sites excluding steroid dienone is 1. The first kappa shape index (κ1) is 15.8. The number of nitrogens with zero attached hydrogens (tertiary/aromatic N) is 2. The van der Waals surface area contributed by atoms with Crippen molar-refractivity contribution in [2.45, 2.75) is 18.9 Å². The molecule has 0 aromatic heterocycles. The summed E-state index contributed by atoms with van der Waals surface area (Å²) in [7, 11) is 1.63. The third-order valence-electron chi connectivity index (χ3n) is 4.38. The Morgan fingerprint density at radius 3 is 2.70 bits per heavy atom. The van der Waals surface area contributed by atoms with Crippen LogP contribution >= 0.6 is 11.8 Å². The van der Waals surface area contributed by atoms with Crippen molar-refractivity contribution in [2.24, 2.45) is 16.6 Å². The summed E-state index contributed by atoms with van der Waals surface area (Å²) in [6, 6.07) is 9.47. The number of carbonyl (C=O) groups excluding carboxylic acids is 2. The van der Waals surface area contributed by atoms with Gasteiger partial charge in [0.15, 0.2) is 17.3 Å². The number of hydrogen-bond donors (Lipinski definition) is 1. The molecule has 3 rings (SSSR count). The van der Waals surface area contributed by atoms with Gasteiger partial charge in [-0.15, -0.1) is 11.8 Å². The number of thioether (sulfide) groups is 1. The van der Waals surface area contributed by atoms with Gasteiger partial charge in [0, 0.05) is 30.0 Å². The summed E-state index contributed by atoms with van der Waals surface area (Å²) in [5.41, 5.74) is 5.67. The number of aliphatic imine (C=N–C) groups is 1. The van der Waals surface area contributed by atoms with Crippen molar-refractivity contribution in [2.75, 3.05) is 12.8 Å². The van der Waals surface area contributed by atoms with Gasteiger partial charge < -0.3 is 5.73 Å². The zero-order valence-electron chi connectivity index (χ0n) is 13.2. The molecule has 0 saturated heterocycles. The predicted molar refractivity (Wildman–Crippen MR) is 91.8 cm³/mol. The highest BCUT2D eigenvalue weighted by Crippen LogP contribution is 2.46. The molecule has 1 aromatic carbocycles. The van der Waals surface area contributed by atoms with Gasteiger partial charge in [-0.25, -0.2) is 4.99 Å². The minimum absolute atomic E-state index is 0.108. The van der Waals surface area contributed by atoms with E-state index in [1.165, 1.54) is 16.7 Å². The Bertz CT molecular complexity index is 714. The van der Waals surface area contributed by atoms with E-state index >= 15 is 0 Å². The zero-order chi connectivity index (χ0) is 16.6. The Hall–Kier alpha value is -2.08. The van der Waals surface area contributed by atoms with Crippen molar-refractivity contribution >= 4 is 29.4 Å². The molecule has 120 valence electrons. The van der Waals surface area contributed by atoms with Gasteiger partial charge in [0.2, 0.25) is 0 Å². The number of amides is 1. The molecule has 2 N–H and O–H groups in total. The fourth-order valence-corrected chi connectivity index (χ4v) is 4.31. The van der Waals surface area contributed by atoms with Gasteiger partial charge in [-0.1, -0.05) is 43.3 Å². The highest BCUT2D eigenvalue weighted by atomic mass is 32.2. The van der Waals surface area contributed by atoms with E-state index in [0.29, 0.717) is 12.2 Å². The maximum absolute atomic E-state index is 13.0. The van der Waals surface area contributed by atoms with Crippen LogP contribution < -0.4 is 5.73 Å². The van der Waals surface area contributed by atoms with E-state index in [1.807, 2.05) is 43.3 Å². The lowest BCUT2D eigenvalue weighted by molar-refractivity contribution is -0.131. The topological polar surface area (TPSA) is 75.8 Å². The van der Waals surface area contributed by atoms with E-state index < -0.39 is 5.54 Å². The Labute approximate surface area is 139 Å². The number of carbonyl (C=O) groups is 2. The van der Waals surface area contributed by atoms with Gasteiger partial charge in [-0.05, 0) is 5.56 Å². The number of ketones is 1. The maximum Gasteiger partial charge on any atom is 0.262 e. The van der Waals surface area contributed by atoms with E-state index in [-0.39, 0.29) is 23.6 Å². The average molecular weight is 329 g/mol. The number of rotatable bonds is 4. The normalized spacial score (nSPS) is 27.1. The van der Waals surface area contributed by atoms with E-state index in [4.69, 9.17) is 5.73 Å². The molecule has 2 heterocycles.